The molecular formula is C17H23N3O2. The molecule has 1 heterocycles. The first-order valence-corrected chi connectivity index (χ1v) is 7.33. The summed E-state index contributed by atoms with van der Waals surface area (Å²) in [6, 6.07) is 13.6. The van der Waals surface area contributed by atoms with Crippen molar-refractivity contribution in [2.45, 2.75) is 12.6 Å². The van der Waals surface area contributed by atoms with Crippen molar-refractivity contribution in [3.05, 3.63) is 54.4 Å². The van der Waals surface area contributed by atoms with Crippen molar-refractivity contribution < 1.29 is 9.84 Å². The normalized spacial score (nSPS) is 12.2. The van der Waals surface area contributed by atoms with Gasteiger partial charge in [-0.05, 0) is 50.5 Å². The number of aromatic nitrogens is 1. The number of rotatable bonds is 8. The third-order valence-corrected chi connectivity index (χ3v) is 3.07. The van der Waals surface area contributed by atoms with E-state index in [1.165, 1.54) is 0 Å². The van der Waals surface area contributed by atoms with Gasteiger partial charge in [-0.25, -0.2) is 0 Å². The molecule has 2 aromatic rings. The predicted octanol–water partition coefficient (Wildman–Crippen LogP) is 1.99. The highest BCUT2D eigenvalue weighted by atomic mass is 16.5. The van der Waals surface area contributed by atoms with E-state index in [9.17, 15) is 5.11 Å². The zero-order valence-corrected chi connectivity index (χ0v) is 13.1. The van der Waals surface area contributed by atoms with E-state index < -0.39 is 6.10 Å². The summed E-state index contributed by atoms with van der Waals surface area (Å²) in [7, 11) is 3.84. The standard InChI is InChI=1S/C17H23N3O2/c1-20(2)12-16(21)13-22-17-8-6-14(7-9-17)19-11-15-5-3-4-10-18-15/h3-10,16,19,21H,11-13H2,1-2H3. The molecule has 1 unspecified atom stereocenters. The Kier molecular flexibility index (Phi) is 6.18. The molecule has 2 N–H and O–H groups in total. The number of pyridine rings is 1. The monoisotopic (exact) mass is 301 g/mol. The highest BCUT2D eigenvalue weighted by Crippen LogP contribution is 2.16. The van der Waals surface area contributed by atoms with Crippen LogP contribution in [-0.4, -0.2) is 48.3 Å². The average molecular weight is 301 g/mol. The topological polar surface area (TPSA) is 57.6 Å². The third kappa shape index (κ3) is 5.71. The fraction of sp³-hybridized carbons (Fsp3) is 0.353. The lowest BCUT2D eigenvalue weighted by Gasteiger charge is -2.16. The Balaban J connectivity index is 1.78. The lowest BCUT2D eigenvalue weighted by molar-refractivity contribution is 0.0831. The minimum Gasteiger partial charge on any atom is -0.491 e. The number of nitrogens with one attached hydrogen (secondary N) is 1. The summed E-state index contributed by atoms with van der Waals surface area (Å²) in [5.41, 5.74) is 2.00. The van der Waals surface area contributed by atoms with Crippen LogP contribution in [0.3, 0.4) is 0 Å². The number of hydrogen-bond acceptors (Lipinski definition) is 5. The van der Waals surface area contributed by atoms with Crippen molar-refractivity contribution in [2.75, 3.05) is 32.6 Å². The highest BCUT2D eigenvalue weighted by molar-refractivity contribution is 5.46. The number of aliphatic hydroxyl groups is 1. The van der Waals surface area contributed by atoms with Crippen LogP contribution in [0, 0.1) is 0 Å². The molecule has 2 rings (SSSR count). The second kappa shape index (κ2) is 8.36. The molecule has 1 atom stereocenters. The summed E-state index contributed by atoms with van der Waals surface area (Å²) in [4.78, 5) is 6.19. The van der Waals surface area contributed by atoms with Gasteiger partial charge in [0.15, 0.2) is 0 Å². The molecule has 0 saturated heterocycles. The predicted molar refractivity (Wildman–Crippen MR) is 88.1 cm³/mol. The van der Waals surface area contributed by atoms with E-state index in [1.54, 1.807) is 6.20 Å². The van der Waals surface area contributed by atoms with Crippen LogP contribution >= 0.6 is 0 Å². The molecule has 0 saturated carbocycles. The van der Waals surface area contributed by atoms with Gasteiger partial charge in [0.1, 0.15) is 18.5 Å². The first-order chi connectivity index (χ1) is 10.6. The molecule has 0 fully saturated rings. The van der Waals surface area contributed by atoms with E-state index in [0.29, 0.717) is 19.7 Å². The molecule has 22 heavy (non-hydrogen) atoms. The van der Waals surface area contributed by atoms with E-state index in [2.05, 4.69) is 10.3 Å². The van der Waals surface area contributed by atoms with E-state index in [0.717, 1.165) is 17.1 Å². The van der Waals surface area contributed by atoms with E-state index in [1.807, 2.05) is 61.5 Å². The van der Waals surface area contributed by atoms with Gasteiger partial charge in [0.05, 0.1) is 12.2 Å². The number of nitrogens with zero attached hydrogens (tertiary/aromatic N) is 2. The third-order valence-electron chi connectivity index (χ3n) is 3.07. The van der Waals surface area contributed by atoms with E-state index in [-0.39, 0.29) is 0 Å². The molecule has 0 spiro atoms. The number of benzene rings is 1. The maximum absolute atomic E-state index is 9.76. The number of aliphatic hydroxyl groups excluding tert-OH is 1. The Labute approximate surface area is 131 Å². The second-order valence-corrected chi connectivity index (χ2v) is 5.43. The molecule has 118 valence electrons. The number of likely N-dealkylation sites (N-methyl/N-ethyl adjacent to an activating group) is 1. The van der Waals surface area contributed by atoms with Crippen molar-refractivity contribution in [1.29, 1.82) is 0 Å². The van der Waals surface area contributed by atoms with Gasteiger partial charge in [0.25, 0.3) is 0 Å². The van der Waals surface area contributed by atoms with Crippen LogP contribution in [0.2, 0.25) is 0 Å². The maximum atomic E-state index is 9.76. The largest absolute Gasteiger partial charge is 0.491 e. The fourth-order valence-electron chi connectivity index (χ4n) is 2.03. The molecule has 0 amide bonds. The van der Waals surface area contributed by atoms with Gasteiger partial charge in [0, 0.05) is 18.4 Å². The average Bonchev–Trinajstić information content (AvgIpc) is 2.52. The second-order valence-electron chi connectivity index (χ2n) is 5.43. The quantitative estimate of drug-likeness (QED) is 0.781. The lowest BCUT2D eigenvalue weighted by atomic mass is 10.3. The summed E-state index contributed by atoms with van der Waals surface area (Å²) >= 11 is 0. The van der Waals surface area contributed by atoms with Crippen LogP contribution < -0.4 is 10.1 Å². The van der Waals surface area contributed by atoms with Crippen LogP contribution in [0.25, 0.3) is 0 Å². The Morgan fingerprint density at radius 1 is 1.18 bits per heavy atom. The van der Waals surface area contributed by atoms with Crippen LogP contribution in [0.5, 0.6) is 5.75 Å². The van der Waals surface area contributed by atoms with Crippen molar-refractivity contribution in [3.63, 3.8) is 0 Å². The number of anilines is 1. The number of ether oxygens (including phenoxy) is 1. The van der Waals surface area contributed by atoms with E-state index in [4.69, 9.17) is 4.74 Å². The van der Waals surface area contributed by atoms with Gasteiger partial charge in [-0.3, -0.25) is 4.98 Å². The Morgan fingerprint density at radius 3 is 2.59 bits per heavy atom. The van der Waals surface area contributed by atoms with Gasteiger partial charge in [-0.15, -0.1) is 0 Å². The van der Waals surface area contributed by atoms with Crippen LogP contribution in [0.4, 0.5) is 5.69 Å². The summed E-state index contributed by atoms with van der Waals surface area (Å²) in [6.45, 7) is 1.56. The summed E-state index contributed by atoms with van der Waals surface area (Å²) < 4.78 is 5.57. The van der Waals surface area contributed by atoms with Gasteiger partial charge in [-0.1, -0.05) is 6.07 Å². The molecule has 0 aliphatic rings. The first-order valence-electron chi connectivity index (χ1n) is 7.33. The SMILES string of the molecule is CN(C)CC(O)COc1ccc(NCc2ccccn2)cc1. The van der Waals surface area contributed by atoms with Crippen LogP contribution in [0.1, 0.15) is 5.69 Å². The molecular weight excluding hydrogens is 278 g/mol. The fourth-order valence-corrected chi connectivity index (χ4v) is 2.03. The molecule has 1 aromatic carbocycles. The molecule has 0 bridgehead atoms. The zero-order chi connectivity index (χ0) is 15.8. The molecule has 5 nitrogen and oxygen atoms in total. The molecule has 5 heteroatoms. The minimum absolute atomic E-state index is 0.291. The van der Waals surface area contributed by atoms with Gasteiger partial charge in [-0.2, -0.15) is 0 Å². The van der Waals surface area contributed by atoms with Gasteiger partial charge in [0.2, 0.25) is 0 Å². The highest BCUT2D eigenvalue weighted by Gasteiger charge is 2.06. The van der Waals surface area contributed by atoms with Crippen molar-refractivity contribution >= 4 is 5.69 Å². The lowest BCUT2D eigenvalue weighted by Crippen LogP contribution is -2.30. The number of hydrogen-bond donors (Lipinski definition) is 2. The molecule has 0 aliphatic carbocycles. The Morgan fingerprint density at radius 2 is 1.95 bits per heavy atom. The van der Waals surface area contributed by atoms with Crippen molar-refractivity contribution in [2.24, 2.45) is 0 Å². The van der Waals surface area contributed by atoms with Crippen molar-refractivity contribution in [1.82, 2.24) is 9.88 Å². The minimum atomic E-state index is -0.489. The summed E-state index contributed by atoms with van der Waals surface area (Å²) in [5.74, 6) is 0.751. The van der Waals surface area contributed by atoms with Gasteiger partial charge >= 0.3 is 0 Å². The Bertz CT molecular complexity index is 544. The Hall–Kier alpha value is -2.11. The molecule has 0 aliphatic heterocycles. The van der Waals surface area contributed by atoms with Crippen LogP contribution in [0.15, 0.2) is 48.7 Å². The van der Waals surface area contributed by atoms with Crippen molar-refractivity contribution in [3.8, 4) is 5.75 Å². The van der Waals surface area contributed by atoms with Crippen LogP contribution in [-0.2, 0) is 6.54 Å². The summed E-state index contributed by atoms with van der Waals surface area (Å²) in [6.07, 6.45) is 1.30. The summed E-state index contributed by atoms with van der Waals surface area (Å²) in [5, 5.41) is 13.1. The maximum Gasteiger partial charge on any atom is 0.119 e. The van der Waals surface area contributed by atoms with E-state index >= 15 is 0 Å². The molecule has 1 aromatic heterocycles. The molecule has 0 radical (unpaired) electrons. The van der Waals surface area contributed by atoms with Gasteiger partial charge < -0.3 is 20.1 Å². The zero-order valence-electron chi connectivity index (χ0n) is 13.1. The smallest absolute Gasteiger partial charge is 0.119 e. The first kappa shape index (κ1) is 16.3.